The van der Waals surface area contributed by atoms with Crippen LogP contribution < -0.4 is 5.32 Å². The summed E-state index contributed by atoms with van der Waals surface area (Å²) in [5, 5.41) is 3.30. The van der Waals surface area contributed by atoms with Crippen LogP contribution >= 0.6 is 11.6 Å². The largest absolute Gasteiger partial charge is 0.325 e. The highest BCUT2D eigenvalue weighted by Gasteiger charge is 2.20. The second kappa shape index (κ2) is 9.28. The monoisotopic (exact) mass is 403 g/mol. The van der Waals surface area contributed by atoms with Crippen LogP contribution in [0.15, 0.2) is 42.5 Å². The normalized spacial score (nSPS) is 15.4. The van der Waals surface area contributed by atoms with Crippen LogP contribution in [0.1, 0.15) is 22.8 Å². The van der Waals surface area contributed by atoms with Crippen molar-refractivity contribution in [2.24, 2.45) is 0 Å². The number of hydrogen-bond acceptors (Lipinski definition) is 4. The first-order valence-corrected chi connectivity index (χ1v) is 9.58. The first-order valence-electron chi connectivity index (χ1n) is 9.20. The Morgan fingerprint density at radius 3 is 2.29 bits per heavy atom. The van der Waals surface area contributed by atoms with Crippen LogP contribution in [0.3, 0.4) is 0 Å². The van der Waals surface area contributed by atoms with E-state index < -0.39 is 0 Å². The Hall–Kier alpha value is -2.28. The minimum Gasteiger partial charge on any atom is -0.325 e. The van der Waals surface area contributed by atoms with Gasteiger partial charge in [-0.15, -0.1) is 0 Å². The lowest BCUT2D eigenvalue weighted by atomic mass is 10.1. The number of carbonyl (C=O) groups is 2. The van der Waals surface area contributed by atoms with E-state index in [9.17, 15) is 14.0 Å². The first-order chi connectivity index (χ1) is 13.4. The molecule has 1 saturated heterocycles. The number of nitrogens with one attached hydrogen (secondary N) is 1. The molecule has 7 heteroatoms. The van der Waals surface area contributed by atoms with E-state index in [1.165, 1.54) is 19.1 Å². The lowest BCUT2D eigenvalue weighted by Crippen LogP contribution is -2.48. The third-order valence-electron chi connectivity index (χ3n) is 4.82. The van der Waals surface area contributed by atoms with Crippen molar-refractivity contribution in [3.8, 4) is 0 Å². The number of halogens is 2. The maximum absolute atomic E-state index is 13.2. The second-order valence-electron chi connectivity index (χ2n) is 6.97. The molecule has 1 heterocycles. The summed E-state index contributed by atoms with van der Waals surface area (Å²) < 4.78 is 13.2. The maximum Gasteiger partial charge on any atom is 0.238 e. The van der Waals surface area contributed by atoms with Crippen molar-refractivity contribution in [2.45, 2.75) is 13.5 Å². The summed E-state index contributed by atoms with van der Waals surface area (Å²) in [6, 6.07) is 11.4. The highest BCUT2D eigenvalue weighted by Crippen LogP contribution is 2.19. The van der Waals surface area contributed by atoms with Gasteiger partial charge in [0.15, 0.2) is 5.78 Å². The minimum atomic E-state index is -0.333. The number of amides is 1. The van der Waals surface area contributed by atoms with Gasteiger partial charge in [0.05, 0.1) is 6.54 Å². The Bertz CT molecular complexity index is 849. The topological polar surface area (TPSA) is 52.7 Å². The number of Topliss-reactive ketones (excluding diaryl/α,β-unsaturated/α-hetero) is 1. The molecule has 0 atom stereocenters. The van der Waals surface area contributed by atoms with Gasteiger partial charge in [-0.3, -0.25) is 19.4 Å². The average molecular weight is 404 g/mol. The van der Waals surface area contributed by atoms with Crippen molar-refractivity contribution in [1.82, 2.24) is 9.80 Å². The van der Waals surface area contributed by atoms with Gasteiger partial charge in [-0.05, 0) is 48.9 Å². The summed E-state index contributed by atoms with van der Waals surface area (Å²) >= 11 is 6.10. The van der Waals surface area contributed by atoms with Crippen LogP contribution in [0, 0.1) is 5.82 Å². The highest BCUT2D eigenvalue weighted by molar-refractivity contribution is 6.31. The molecule has 0 spiro atoms. The second-order valence-corrected chi connectivity index (χ2v) is 7.38. The molecular weight excluding hydrogens is 381 g/mol. The number of hydrogen-bond donors (Lipinski definition) is 1. The minimum absolute atomic E-state index is 0.00216. The fraction of sp³-hybridized carbons (Fsp3) is 0.333. The van der Waals surface area contributed by atoms with E-state index >= 15 is 0 Å². The number of nitrogens with zero attached hydrogens (tertiary/aromatic N) is 2. The summed E-state index contributed by atoms with van der Waals surface area (Å²) in [5.74, 6) is -0.413. The molecule has 1 fully saturated rings. The molecule has 0 bridgehead atoms. The Labute approximate surface area is 169 Å². The lowest BCUT2D eigenvalue weighted by Gasteiger charge is -2.34. The van der Waals surface area contributed by atoms with Crippen molar-refractivity contribution >= 4 is 29.0 Å². The number of anilines is 1. The smallest absolute Gasteiger partial charge is 0.238 e. The molecule has 1 N–H and O–H groups in total. The molecule has 1 aliphatic rings. The molecule has 2 aromatic rings. The van der Waals surface area contributed by atoms with Gasteiger partial charge in [-0.1, -0.05) is 17.7 Å². The molecule has 1 aliphatic heterocycles. The van der Waals surface area contributed by atoms with E-state index in [4.69, 9.17) is 11.6 Å². The van der Waals surface area contributed by atoms with Crippen molar-refractivity contribution in [1.29, 1.82) is 0 Å². The highest BCUT2D eigenvalue weighted by atomic mass is 35.5. The van der Waals surface area contributed by atoms with Crippen LogP contribution in [0.4, 0.5) is 10.1 Å². The van der Waals surface area contributed by atoms with Crippen LogP contribution in [0.2, 0.25) is 5.02 Å². The molecule has 0 aromatic heterocycles. The quantitative estimate of drug-likeness (QED) is 0.751. The number of carbonyl (C=O) groups excluding carboxylic acids is 2. The Morgan fingerprint density at radius 2 is 1.68 bits per heavy atom. The van der Waals surface area contributed by atoms with Gasteiger partial charge in [-0.2, -0.15) is 0 Å². The maximum atomic E-state index is 13.2. The fourth-order valence-electron chi connectivity index (χ4n) is 3.19. The molecular formula is C21H23ClFN3O2. The summed E-state index contributed by atoms with van der Waals surface area (Å²) in [5.41, 5.74) is 2.21. The van der Waals surface area contributed by atoms with Crippen molar-refractivity contribution in [2.75, 3.05) is 38.0 Å². The molecule has 0 radical (unpaired) electrons. The summed E-state index contributed by atoms with van der Waals surface area (Å²) in [6.45, 7) is 5.67. The molecule has 28 heavy (non-hydrogen) atoms. The number of ketones is 1. The van der Waals surface area contributed by atoms with Gasteiger partial charge < -0.3 is 5.32 Å². The molecule has 148 valence electrons. The Balaban J connectivity index is 1.44. The number of benzene rings is 2. The SMILES string of the molecule is CC(=O)c1ccc(NC(=O)CN2CCN(Cc3ccc(F)cc3Cl)CC2)cc1. The third kappa shape index (κ3) is 5.61. The van der Waals surface area contributed by atoms with E-state index in [-0.39, 0.29) is 17.5 Å². The van der Waals surface area contributed by atoms with Crippen molar-refractivity contribution < 1.29 is 14.0 Å². The Morgan fingerprint density at radius 1 is 1.04 bits per heavy atom. The summed E-state index contributed by atoms with van der Waals surface area (Å²) in [4.78, 5) is 27.9. The number of rotatable bonds is 6. The van der Waals surface area contributed by atoms with Crippen LogP contribution in [-0.4, -0.2) is 54.2 Å². The van der Waals surface area contributed by atoms with Gasteiger partial charge in [0.2, 0.25) is 5.91 Å². The van der Waals surface area contributed by atoms with Crippen LogP contribution in [-0.2, 0) is 11.3 Å². The van der Waals surface area contributed by atoms with E-state index in [1.807, 2.05) is 0 Å². The standard InChI is InChI=1S/C21H23ClFN3O2/c1-15(27)16-3-6-19(7-4-16)24-21(28)14-26-10-8-25(9-11-26)13-17-2-5-18(23)12-20(17)22/h2-7,12H,8-11,13-14H2,1H3,(H,24,28). The zero-order valence-corrected chi connectivity index (χ0v) is 16.5. The predicted molar refractivity (Wildman–Crippen MR) is 108 cm³/mol. The van der Waals surface area contributed by atoms with Crippen LogP contribution in [0.25, 0.3) is 0 Å². The molecule has 0 aliphatic carbocycles. The molecule has 1 amide bonds. The molecule has 2 aromatic carbocycles. The Kier molecular flexibility index (Phi) is 6.78. The van der Waals surface area contributed by atoms with Gasteiger partial charge in [-0.25, -0.2) is 4.39 Å². The van der Waals surface area contributed by atoms with Gasteiger partial charge in [0, 0.05) is 49.0 Å². The van der Waals surface area contributed by atoms with E-state index in [1.54, 1.807) is 30.3 Å². The van der Waals surface area contributed by atoms with Crippen molar-refractivity contribution in [3.05, 3.63) is 64.4 Å². The van der Waals surface area contributed by atoms with E-state index in [0.717, 1.165) is 31.7 Å². The van der Waals surface area contributed by atoms with Gasteiger partial charge >= 0.3 is 0 Å². The predicted octanol–water partition coefficient (Wildman–Crippen LogP) is 3.44. The molecule has 0 unspecified atom stereocenters. The van der Waals surface area contributed by atoms with E-state index in [2.05, 4.69) is 15.1 Å². The average Bonchev–Trinajstić information content (AvgIpc) is 2.66. The van der Waals surface area contributed by atoms with Gasteiger partial charge in [0.1, 0.15) is 5.82 Å². The third-order valence-corrected chi connectivity index (χ3v) is 5.17. The van der Waals surface area contributed by atoms with E-state index in [0.29, 0.717) is 29.4 Å². The first kappa shape index (κ1) is 20.5. The van der Waals surface area contributed by atoms with Crippen molar-refractivity contribution in [3.63, 3.8) is 0 Å². The summed E-state index contributed by atoms with van der Waals surface area (Å²) in [6.07, 6.45) is 0. The molecule has 3 rings (SSSR count). The van der Waals surface area contributed by atoms with Crippen LogP contribution in [0.5, 0.6) is 0 Å². The fourth-order valence-corrected chi connectivity index (χ4v) is 3.42. The molecule has 5 nitrogen and oxygen atoms in total. The molecule has 0 saturated carbocycles. The lowest BCUT2D eigenvalue weighted by molar-refractivity contribution is -0.117. The zero-order valence-electron chi connectivity index (χ0n) is 15.8. The van der Waals surface area contributed by atoms with Gasteiger partial charge in [0.25, 0.3) is 0 Å². The zero-order chi connectivity index (χ0) is 20.1. The number of piperazine rings is 1. The summed E-state index contributed by atoms with van der Waals surface area (Å²) in [7, 11) is 0.